The quantitative estimate of drug-likeness (QED) is 0.757. The zero-order valence-electron chi connectivity index (χ0n) is 10.7. The van der Waals surface area contributed by atoms with Crippen LogP contribution in [-0.4, -0.2) is 30.2 Å². The molecule has 0 saturated carbocycles. The third-order valence-electron chi connectivity index (χ3n) is 3.39. The van der Waals surface area contributed by atoms with E-state index in [1.165, 1.54) is 0 Å². The molecule has 3 N–H and O–H groups in total. The Morgan fingerprint density at radius 1 is 1.56 bits per heavy atom. The number of hydrogen-bond acceptors (Lipinski definition) is 3. The number of carbonyl (C=O) groups is 1. The number of amides is 1. The molecule has 0 spiro atoms. The molecule has 1 aliphatic heterocycles. The standard InChI is InChI=1S/C14H20N2O2/c1-2-10(9-17)16-14(18)12-5-3-7-13-11(12)6-4-8-15-13/h3,5,7,10,15,17H,2,4,6,8-9H2,1H3,(H,16,18)/t10-/m0/s1. The van der Waals surface area contributed by atoms with E-state index in [1.54, 1.807) is 0 Å². The van der Waals surface area contributed by atoms with E-state index in [-0.39, 0.29) is 18.6 Å². The minimum atomic E-state index is -0.162. The van der Waals surface area contributed by atoms with Gasteiger partial charge in [-0.3, -0.25) is 4.79 Å². The fourth-order valence-corrected chi connectivity index (χ4v) is 2.26. The first kappa shape index (κ1) is 12.9. The van der Waals surface area contributed by atoms with Gasteiger partial charge in [0.2, 0.25) is 0 Å². The summed E-state index contributed by atoms with van der Waals surface area (Å²) in [5, 5.41) is 15.3. The van der Waals surface area contributed by atoms with Crippen LogP contribution in [0.15, 0.2) is 18.2 Å². The average molecular weight is 248 g/mol. The number of benzene rings is 1. The van der Waals surface area contributed by atoms with Crippen molar-refractivity contribution in [1.29, 1.82) is 0 Å². The first-order chi connectivity index (χ1) is 8.76. The summed E-state index contributed by atoms with van der Waals surface area (Å²) in [6, 6.07) is 5.59. The molecular weight excluding hydrogens is 228 g/mol. The molecule has 18 heavy (non-hydrogen) atoms. The molecule has 2 rings (SSSR count). The molecule has 1 aromatic carbocycles. The fourth-order valence-electron chi connectivity index (χ4n) is 2.26. The predicted octanol–water partition coefficient (Wildman–Crippen LogP) is 1.55. The third kappa shape index (κ3) is 2.64. The van der Waals surface area contributed by atoms with Gasteiger partial charge in [0.15, 0.2) is 0 Å². The minimum Gasteiger partial charge on any atom is -0.394 e. The van der Waals surface area contributed by atoms with Crippen molar-refractivity contribution in [2.45, 2.75) is 32.2 Å². The van der Waals surface area contributed by atoms with Gasteiger partial charge in [-0.15, -0.1) is 0 Å². The molecule has 0 aliphatic carbocycles. The number of aliphatic hydroxyl groups is 1. The van der Waals surface area contributed by atoms with Crippen LogP contribution in [-0.2, 0) is 6.42 Å². The fraction of sp³-hybridized carbons (Fsp3) is 0.500. The van der Waals surface area contributed by atoms with E-state index in [0.29, 0.717) is 0 Å². The van der Waals surface area contributed by atoms with Crippen LogP contribution < -0.4 is 10.6 Å². The summed E-state index contributed by atoms with van der Waals surface area (Å²) in [4.78, 5) is 12.2. The Morgan fingerprint density at radius 2 is 2.39 bits per heavy atom. The van der Waals surface area contributed by atoms with Crippen molar-refractivity contribution in [2.75, 3.05) is 18.5 Å². The Balaban J connectivity index is 2.20. The van der Waals surface area contributed by atoms with E-state index < -0.39 is 0 Å². The Bertz CT molecular complexity index is 428. The highest BCUT2D eigenvalue weighted by Crippen LogP contribution is 2.25. The first-order valence-corrected chi connectivity index (χ1v) is 6.53. The number of hydrogen-bond donors (Lipinski definition) is 3. The first-order valence-electron chi connectivity index (χ1n) is 6.53. The van der Waals surface area contributed by atoms with Gasteiger partial charge < -0.3 is 15.7 Å². The van der Waals surface area contributed by atoms with Crippen LogP contribution in [0.2, 0.25) is 0 Å². The number of fused-ring (bicyclic) bond motifs is 1. The number of anilines is 1. The highest BCUT2D eigenvalue weighted by atomic mass is 16.3. The molecule has 0 saturated heterocycles. The monoisotopic (exact) mass is 248 g/mol. The Labute approximate surface area is 107 Å². The van der Waals surface area contributed by atoms with Crippen molar-refractivity contribution in [3.05, 3.63) is 29.3 Å². The van der Waals surface area contributed by atoms with Crippen LogP contribution in [0.3, 0.4) is 0 Å². The zero-order chi connectivity index (χ0) is 13.0. The van der Waals surface area contributed by atoms with Crippen LogP contribution in [0.25, 0.3) is 0 Å². The topological polar surface area (TPSA) is 61.4 Å². The van der Waals surface area contributed by atoms with Gasteiger partial charge in [-0.1, -0.05) is 13.0 Å². The molecule has 1 aromatic rings. The van der Waals surface area contributed by atoms with Crippen LogP contribution in [0.4, 0.5) is 5.69 Å². The maximum atomic E-state index is 12.2. The molecule has 0 aromatic heterocycles. The van der Waals surface area contributed by atoms with Crippen LogP contribution in [0.5, 0.6) is 0 Å². The van der Waals surface area contributed by atoms with Crippen LogP contribution >= 0.6 is 0 Å². The largest absolute Gasteiger partial charge is 0.394 e. The summed E-state index contributed by atoms with van der Waals surface area (Å²) in [6.45, 7) is 2.89. The number of carbonyl (C=O) groups excluding carboxylic acids is 1. The van der Waals surface area contributed by atoms with Crippen molar-refractivity contribution >= 4 is 11.6 Å². The predicted molar refractivity (Wildman–Crippen MR) is 71.9 cm³/mol. The molecule has 0 radical (unpaired) electrons. The average Bonchev–Trinajstić information content (AvgIpc) is 2.43. The second kappa shape index (κ2) is 5.87. The van der Waals surface area contributed by atoms with Gasteiger partial charge in [0.1, 0.15) is 0 Å². The lowest BCUT2D eigenvalue weighted by Gasteiger charge is -2.21. The molecule has 4 heteroatoms. The van der Waals surface area contributed by atoms with Gasteiger partial charge in [0.25, 0.3) is 5.91 Å². The Hall–Kier alpha value is -1.55. The van der Waals surface area contributed by atoms with E-state index in [4.69, 9.17) is 5.11 Å². The summed E-state index contributed by atoms with van der Waals surface area (Å²) in [5.41, 5.74) is 2.88. The molecule has 1 atom stereocenters. The molecule has 1 amide bonds. The summed E-state index contributed by atoms with van der Waals surface area (Å²) >= 11 is 0. The lowest BCUT2D eigenvalue weighted by Crippen LogP contribution is -2.37. The molecule has 0 fully saturated rings. The number of aliphatic hydroxyl groups excluding tert-OH is 1. The van der Waals surface area contributed by atoms with E-state index in [9.17, 15) is 4.79 Å². The molecule has 98 valence electrons. The third-order valence-corrected chi connectivity index (χ3v) is 3.39. The maximum absolute atomic E-state index is 12.2. The summed E-state index contributed by atoms with van der Waals surface area (Å²) < 4.78 is 0. The molecule has 4 nitrogen and oxygen atoms in total. The van der Waals surface area contributed by atoms with Crippen molar-refractivity contribution in [2.24, 2.45) is 0 Å². The molecule has 0 bridgehead atoms. The number of rotatable bonds is 4. The van der Waals surface area contributed by atoms with Gasteiger partial charge in [-0.05, 0) is 37.0 Å². The highest BCUT2D eigenvalue weighted by molar-refractivity contribution is 5.97. The minimum absolute atomic E-state index is 0.0183. The van der Waals surface area contributed by atoms with E-state index in [0.717, 1.165) is 42.6 Å². The summed E-state index contributed by atoms with van der Waals surface area (Å²) in [5.74, 6) is -0.0866. The second-order valence-corrected chi connectivity index (χ2v) is 4.62. The maximum Gasteiger partial charge on any atom is 0.251 e. The van der Waals surface area contributed by atoms with E-state index in [2.05, 4.69) is 10.6 Å². The normalized spacial score (nSPS) is 15.4. The van der Waals surface area contributed by atoms with Crippen LogP contribution in [0.1, 0.15) is 35.7 Å². The van der Waals surface area contributed by atoms with Crippen molar-refractivity contribution < 1.29 is 9.90 Å². The smallest absolute Gasteiger partial charge is 0.251 e. The molecular formula is C14H20N2O2. The van der Waals surface area contributed by atoms with Gasteiger partial charge in [0.05, 0.1) is 12.6 Å². The lowest BCUT2D eigenvalue weighted by atomic mass is 9.97. The van der Waals surface area contributed by atoms with E-state index >= 15 is 0 Å². The number of nitrogens with one attached hydrogen (secondary N) is 2. The SMILES string of the molecule is CC[C@@H](CO)NC(=O)c1cccc2c1CCCN2. The van der Waals surface area contributed by atoms with Gasteiger partial charge in [0, 0.05) is 17.8 Å². The lowest BCUT2D eigenvalue weighted by molar-refractivity contribution is 0.0914. The molecule has 1 aliphatic rings. The Morgan fingerprint density at radius 3 is 3.11 bits per heavy atom. The summed E-state index contributed by atoms with van der Waals surface area (Å²) in [7, 11) is 0. The van der Waals surface area contributed by atoms with E-state index in [1.807, 2.05) is 25.1 Å². The van der Waals surface area contributed by atoms with Crippen molar-refractivity contribution in [3.8, 4) is 0 Å². The van der Waals surface area contributed by atoms with Gasteiger partial charge in [-0.25, -0.2) is 0 Å². The van der Waals surface area contributed by atoms with Gasteiger partial charge in [-0.2, -0.15) is 0 Å². The van der Waals surface area contributed by atoms with Crippen molar-refractivity contribution in [1.82, 2.24) is 5.32 Å². The highest BCUT2D eigenvalue weighted by Gasteiger charge is 2.18. The van der Waals surface area contributed by atoms with Crippen molar-refractivity contribution in [3.63, 3.8) is 0 Å². The zero-order valence-corrected chi connectivity index (χ0v) is 10.7. The Kier molecular flexibility index (Phi) is 4.20. The van der Waals surface area contributed by atoms with Crippen LogP contribution in [0, 0.1) is 0 Å². The second-order valence-electron chi connectivity index (χ2n) is 4.62. The molecule has 1 heterocycles. The summed E-state index contributed by atoms with van der Waals surface area (Å²) in [6.07, 6.45) is 2.71. The van der Waals surface area contributed by atoms with Gasteiger partial charge >= 0.3 is 0 Å². The molecule has 0 unspecified atom stereocenters.